The van der Waals surface area contributed by atoms with E-state index in [1.807, 2.05) is 29.2 Å². The van der Waals surface area contributed by atoms with Gasteiger partial charge >= 0.3 is 0 Å². The first kappa shape index (κ1) is 19.8. The summed E-state index contributed by atoms with van der Waals surface area (Å²) >= 11 is 0. The highest BCUT2D eigenvalue weighted by atomic mass is 32.2. The molecule has 0 spiro atoms. The van der Waals surface area contributed by atoms with Crippen LogP contribution in [0.3, 0.4) is 0 Å². The first-order chi connectivity index (χ1) is 14.5. The Labute approximate surface area is 178 Å². The van der Waals surface area contributed by atoms with Crippen molar-refractivity contribution in [2.24, 2.45) is 0 Å². The molecule has 6 heteroatoms. The third kappa shape index (κ3) is 3.08. The Morgan fingerprint density at radius 1 is 0.867 bits per heavy atom. The molecule has 0 bridgehead atoms. The topological polar surface area (TPSA) is 57.7 Å². The Bertz CT molecular complexity index is 1060. The van der Waals surface area contributed by atoms with E-state index in [0.29, 0.717) is 31.0 Å². The average molecular weight is 425 g/mol. The van der Waals surface area contributed by atoms with Gasteiger partial charge in [0.15, 0.2) is 0 Å². The Balaban J connectivity index is 1.43. The number of hydrogen-bond acceptors (Lipinski definition) is 3. The van der Waals surface area contributed by atoms with Gasteiger partial charge in [-0.1, -0.05) is 43.2 Å². The third-order valence-corrected chi connectivity index (χ3v) is 8.98. The number of amides is 1. The predicted octanol–water partition coefficient (Wildman–Crippen LogP) is 3.87. The van der Waals surface area contributed by atoms with Crippen LogP contribution < -0.4 is 4.90 Å². The summed E-state index contributed by atoms with van der Waals surface area (Å²) in [5, 5.41) is 0. The molecule has 1 amide bonds. The lowest BCUT2D eigenvalue weighted by Crippen LogP contribution is -2.50. The Hall–Kier alpha value is -2.18. The van der Waals surface area contributed by atoms with Crippen LogP contribution in [-0.2, 0) is 26.7 Å². The molecule has 0 N–H and O–H groups in total. The number of piperidine rings is 1. The number of carbonyl (C=O) groups is 1. The summed E-state index contributed by atoms with van der Waals surface area (Å²) in [7, 11) is -3.46. The monoisotopic (exact) mass is 424 g/mol. The number of nitrogens with zero attached hydrogens (tertiary/aromatic N) is 2. The fraction of sp³-hybridized carbons (Fsp3) is 0.458. The smallest absolute Gasteiger partial charge is 0.243 e. The van der Waals surface area contributed by atoms with Crippen molar-refractivity contribution >= 4 is 21.6 Å². The van der Waals surface area contributed by atoms with E-state index in [4.69, 9.17) is 0 Å². The number of sulfonamides is 1. The van der Waals surface area contributed by atoms with Crippen molar-refractivity contribution in [3.63, 3.8) is 0 Å². The fourth-order valence-electron chi connectivity index (χ4n) is 5.18. The van der Waals surface area contributed by atoms with Crippen LogP contribution in [-0.4, -0.2) is 38.3 Å². The molecule has 30 heavy (non-hydrogen) atoms. The van der Waals surface area contributed by atoms with Crippen molar-refractivity contribution in [3.05, 3.63) is 59.7 Å². The van der Waals surface area contributed by atoms with Crippen LogP contribution in [0.15, 0.2) is 53.4 Å². The first-order valence-corrected chi connectivity index (χ1v) is 12.5. The second-order valence-corrected chi connectivity index (χ2v) is 10.7. The maximum atomic E-state index is 13.6. The summed E-state index contributed by atoms with van der Waals surface area (Å²) in [6.45, 7) is 1.82. The molecule has 0 unspecified atom stereocenters. The lowest BCUT2D eigenvalue weighted by Gasteiger charge is -2.43. The van der Waals surface area contributed by atoms with Crippen LogP contribution in [0, 0.1) is 0 Å². The molecule has 1 aliphatic carbocycles. The van der Waals surface area contributed by atoms with Crippen LogP contribution >= 0.6 is 0 Å². The molecule has 0 aromatic heterocycles. The van der Waals surface area contributed by atoms with Gasteiger partial charge in [-0.25, -0.2) is 8.42 Å². The van der Waals surface area contributed by atoms with E-state index in [0.717, 1.165) is 55.3 Å². The Kier molecular flexibility index (Phi) is 4.94. The molecule has 2 aromatic rings. The van der Waals surface area contributed by atoms with Gasteiger partial charge in [-0.2, -0.15) is 4.31 Å². The van der Waals surface area contributed by atoms with Crippen molar-refractivity contribution in [3.8, 4) is 0 Å². The summed E-state index contributed by atoms with van der Waals surface area (Å²) < 4.78 is 27.7. The molecular weight excluding hydrogens is 396 g/mol. The fourth-order valence-corrected chi connectivity index (χ4v) is 6.74. The number of benzene rings is 2. The van der Waals surface area contributed by atoms with Crippen LogP contribution in [0.25, 0.3) is 0 Å². The largest absolute Gasteiger partial charge is 0.311 e. The number of carbonyl (C=O) groups excluding carboxylic acids is 1. The molecular formula is C24H28N2O3S. The van der Waals surface area contributed by atoms with E-state index in [1.165, 1.54) is 0 Å². The zero-order valence-electron chi connectivity index (χ0n) is 17.2. The molecule has 2 aliphatic heterocycles. The standard InChI is InChI=1S/C24H28N2O3S/c27-23(24(13-7-14-24)20-8-3-1-4-9-20)26-17-12-19-18-21(10-11-22(19)26)30(28,29)25-15-5-2-6-16-25/h1,3-4,8-11,18H,2,5-7,12-17H2. The second-order valence-electron chi connectivity index (χ2n) is 8.76. The van der Waals surface area contributed by atoms with Crippen molar-refractivity contribution in [1.82, 2.24) is 4.31 Å². The third-order valence-electron chi connectivity index (χ3n) is 7.09. The quantitative estimate of drug-likeness (QED) is 0.749. The SMILES string of the molecule is O=C(N1CCc2cc(S(=O)(=O)N3CCCCC3)ccc21)C1(c2ccccc2)CCC1. The van der Waals surface area contributed by atoms with Gasteiger partial charge in [0.05, 0.1) is 10.3 Å². The van der Waals surface area contributed by atoms with E-state index in [9.17, 15) is 13.2 Å². The molecule has 1 saturated carbocycles. The van der Waals surface area contributed by atoms with Gasteiger partial charge in [0.2, 0.25) is 15.9 Å². The van der Waals surface area contributed by atoms with E-state index in [2.05, 4.69) is 12.1 Å². The summed E-state index contributed by atoms with van der Waals surface area (Å²) in [4.78, 5) is 15.9. The van der Waals surface area contributed by atoms with Gasteiger partial charge < -0.3 is 4.90 Å². The van der Waals surface area contributed by atoms with Gasteiger partial charge in [-0.05, 0) is 61.4 Å². The van der Waals surface area contributed by atoms with E-state index in [1.54, 1.807) is 16.4 Å². The highest BCUT2D eigenvalue weighted by Gasteiger charge is 2.48. The molecule has 2 fully saturated rings. The zero-order chi connectivity index (χ0) is 20.8. The molecule has 5 rings (SSSR count). The highest BCUT2D eigenvalue weighted by Crippen LogP contribution is 2.47. The van der Waals surface area contributed by atoms with Gasteiger partial charge in [-0.15, -0.1) is 0 Å². The van der Waals surface area contributed by atoms with Crippen LogP contribution in [0.5, 0.6) is 0 Å². The van der Waals surface area contributed by atoms with E-state index < -0.39 is 15.4 Å². The normalized spacial score (nSPS) is 21.1. The Morgan fingerprint density at radius 2 is 1.60 bits per heavy atom. The van der Waals surface area contributed by atoms with Crippen LogP contribution in [0.4, 0.5) is 5.69 Å². The van der Waals surface area contributed by atoms with Gasteiger partial charge in [0.25, 0.3) is 0 Å². The number of anilines is 1. The van der Waals surface area contributed by atoms with Crippen LogP contribution in [0.1, 0.15) is 49.7 Å². The van der Waals surface area contributed by atoms with Crippen LogP contribution in [0.2, 0.25) is 0 Å². The summed E-state index contributed by atoms with van der Waals surface area (Å²) in [6, 6.07) is 15.4. The predicted molar refractivity (Wildman–Crippen MR) is 117 cm³/mol. The molecule has 0 atom stereocenters. The van der Waals surface area contributed by atoms with Gasteiger partial charge in [-0.3, -0.25) is 4.79 Å². The molecule has 2 aromatic carbocycles. The maximum Gasteiger partial charge on any atom is 0.243 e. The van der Waals surface area contributed by atoms with E-state index in [-0.39, 0.29) is 5.91 Å². The lowest BCUT2D eigenvalue weighted by atomic mass is 9.63. The molecule has 2 heterocycles. The molecule has 1 saturated heterocycles. The second kappa shape index (κ2) is 7.50. The van der Waals surface area contributed by atoms with Gasteiger partial charge in [0.1, 0.15) is 0 Å². The van der Waals surface area contributed by atoms with Crippen molar-refractivity contribution in [2.45, 2.75) is 55.3 Å². The van der Waals surface area contributed by atoms with Crippen molar-refractivity contribution < 1.29 is 13.2 Å². The number of rotatable bonds is 4. The average Bonchev–Trinajstić information content (AvgIpc) is 3.17. The highest BCUT2D eigenvalue weighted by molar-refractivity contribution is 7.89. The summed E-state index contributed by atoms with van der Waals surface area (Å²) in [6.07, 6.45) is 6.47. The molecule has 0 radical (unpaired) electrons. The molecule has 5 nitrogen and oxygen atoms in total. The summed E-state index contributed by atoms with van der Waals surface area (Å²) in [5.41, 5.74) is 2.50. The molecule has 3 aliphatic rings. The maximum absolute atomic E-state index is 13.6. The lowest BCUT2D eigenvalue weighted by molar-refractivity contribution is -0.127. The number of fused-ring (bicyclic) bond motifs is 1. The zero-order valence-corrected chi connectivity index (χ0v) is 18.0. The Morgan fingerprint density at radius 3 is 2.27 bits per heavy atom. The minimum atomic E-state index is -3.46. The van der Waals surface area contributed by atoms with Crippen molar-refractivity contribution in [1.29, 1.82) is 0 Å². The minimum Gasteiger partial charge on any atom is -0.311 e. The van der Waals surface area contributed by atoms with E-state index >= 15 is 0 Å². The first-order valence-electron chi connectivity index (χ1n) is 11.0. The number of hydrogen-bond donors (Lipinski definition) is 0. The van der Waals surface area contributed by atoms with Crippen molar-refractivity contribution in [2.75, 3.05) is 24.5 Å². The summed E-state index contributed by atoms with van der Waals surface area (Å²) in [5.74, 6) is 0.158. The molecule has 158 valence electrons. The minimum absolute atomic E-state index is 0.158. The van der Waals surface area contributed by atoms with Gasteiger partial charge in [0, 0.05) is 25.3 Å².